The van der Waals surface area contributed by atoms with Crippen molar-refractivity contribution in [3.63, 3.8) is 0 Å². The van der Waals surface area contributed by atoms with Crippen LogP contribution < -0.4 is 10.6 Å². The van der Waals surface area contributed by atoms with Gasteiger partial charge in [0.25, 0.3) is 0 Å². The second-order valence-electron chi connectivity index (χ2n) is 5.18. The van der Waals surface area contributed by atoms with Gasteiger partial charge in [0.1, 0.15) is 5.82 Å². The smallest absolute Gasteiger partial charge is 0.338 e. The van der Waals surface area contributed by atoms with Crippen LogP contribution in [0.15, 0.2) is 18.2 Å². The third kappa shape index (κ3) is 4.16. The summed E-state index contributed by atoms with van der Waals surface area (Å²) < 4.78 is 13.5. The number of piperidine rings is 1. The number of hydrogen-bond acceptors (Lipinski definition) is 3. The summed E-state index contributed by atoms with van der Waals surface area (Å²) in [5, 5.41) is 14.1. The van der Waals surface area contributed by atoms with Crippen molar-refractivity contribution in [1.82, 2.24) is 10.2 Å². The van der Waals surface area contributed by atoms with Crippen molar-refractivity contribution in [2.24, 2.45) is 0 Å². The number of anilines is 1. The predicted molar refractivity (Wildman–Crippen MR) is 76.0 cm³/mol. The summed E-state index contributed by atoms with van der Waals surface area (Å²) in [4.78, 5) is 24.7. The molecule has 0 spiro atoms. The minimum atomic E-state index is -1.34. The van der Waals surface area contributed by atoms with Crippen molar-refractivity contribution >= 4 is 17.7 Å². The van der Waals surface area contributed by atoms with Gasteiger partial charge >= 0.3 is 12.0 Å². The zero-order chi connectivity index (χ0) is 15.4. The van der Waals surface area contributed by atoms with E-state index in [0.717, 1.165) is 38.1 Å². The third-order valence-corrected chi connectivity index (χ3v) is 3.51. The molecule has 2 amide bonds. The first-order chi connectivity index (χ1) is 9.95. The number of amides is 2. The lowest BCUT2D eigenvalue weighted by Gasteiger charge is -2.29. The van der Waals surface area contributed by atoms with Gasteiger partial charge in [0.05, 0.1) is 5.56 Å². The normalized spacial score (nSPS) is 16.5. The molecule has 114 valence electrons. The molecule has 1 heterocycles. The Balaban J connectivity index is 1.91. The van der Waals surface area contributed by atoms with E-state index in [1.165, 1.54) is 6.07 Å². The van der Waals surface area contributed by atoms with E-state index in [4.69, 9.17) is 5.11 Å². The Bertz CT molecular complexity index is 542. The lowest BCUT2D eigenvalue weighted by Crippen LogP contribution is -2.44. The number of nitrogens with zero attached hydrogens (tertiary/aromatic N) is 1. The highest BCUT2D eigenvalue weighted by Gasteiger charge is 2.18. The van der Waals surface area contributed by atoms with Crippen molar-refractivity contribution in [1.29, 1.82) is 0 Å². The largest absolute Gasteiger partial charge is 0.478 e. The van der Waals surface area contributed by atoms with Crippen LogP contribution in [0.3, 0.4) is 0 Å². The number of benzene rings is 1. The molecule has 6 nitrogen and oxygen atoms in total. The number of carboxylic acid groups (broad SMARTS) is 1. The molecule has 1 aromatic rings. The van der Waals surface area contributed by atoms with Crippen molar-refractivity contribution in [2.75, 3.05) is 25.5 Å². The monoisotopic (exact) mass is 295 g/mol. The zero-order valence-electron chi connectivity index (χ0n) is 11.7. The van der Waals surface area contributed by atoms with E-state index in [1.54, 1.807) is 0 Å². The molecule has 1 aliphatic rings. The Morgan fingerprint density at radius 2 is 2.00 bits per heavy atom. The number of carbonyl (C=O) groups is 2. The van der Waals surface area contributed by atoms with Gasteiger partial charge in [-0.25, -0.2) is 14.0 Å². The lowest BCUT2D eigenvalue weighted by molar-refractivity contribution is 0.0692. The number of hydrogen-bond donors (Lipinski definition) is 3. The number of aromatic carboxylic acids is 1. The Labute approximate surface area is 121 Å². The van der Waals surface area contributed by atoms with Crippen molar-refractivity contribution in [3.05, 3.63) is 29.6 Å². The van der Waals surface area contributed by atoms with Crippen LogP contribution in [-0.2, 0) is 0 Å². The number of carbonyl (C=O) groups excluding carboxylic acids is 1. The van der Waals surface area contributed by atoms with Crippen LogP contribution in [0, 0.1) is 5.82 Å². The number of urea groups is 1. The molecule has 3 N–H and O–H groups in total. The minimum Gasteiger partial charge on any atom is -0.478 e. The SMILES string of the molecule is CN1CCC(NC(=O)Nc2ccc(C(=O)O)c(F)c2)CC1. The first kappa shape index (κ1) is 15.2. The second-order valence-corrected chi connectivity index (χ2v) is 5.18. The molecule has 0 unspecified atom stereocenters. The van der Waals surface area contributed by atoms with Crippen molar-refractivity contribution in [2.45, 2.75) is 18.9 Å². The Morgan fingerprint density at radius 1 is 1.33 bits per heavy atom. The maximum atomic E-state index is 13.5. The Hall–Kier alpha value is -2.15. The van der Waals surface area contributed by atoms with Crippen molar-refractivity contribution in [3.8, 4) is 0 Å². The fourth-order valence-electron chi connectivity index (χ4n) is 2.27. The first-order valence-corrected chi connectivity index (χ1v) is 6.74. The van der Waals surface area contributed by atoms with Gasteiger partial charge in [0.15, 0.2) is 0 Å². The van der Waals surface area contributed by atoms with Crippen LogP contribution in [0.1, 0.15) is 23.2 Å². The van der Waals surface area contributed by atoms with E-state index in [9.17, 15) is 14.0 Å². The summed E-state index contributed by atoms with van der Waals surface area (Å²) in [6.07, 6.45) is 1.74. The van der Waals surface area contributed by atoms with Gasteiger partial charge in [-0.15, -0.1) is 0 Å². The summed E-state index contributed by atoms with van der Waals surface area (Å²) in [5.41, 5.74) is -0.195. The minimum absolute atomic E-state index is 0.101. The van der Waals surface area contributed by atoms with E-state index in [1.807, 2.05) is 7.05 Å². The Morgan fingerprint density at radius 3 is 2.57 bits per heavy atom. The van der Waals surface area contributed by atoms with E-state index in [-0.39, 0.29) is 11.7 Å². The molecule has 0 radical (unpaired) electrons. The van der Waals surface area contributed by atoms with Gasteiger partial charge in [0, 0.05) is 11.7 Å². The molecular formula is C14H18FN3O3. The van der Waals surface area contributed by atoms with E-state index in [0.29, 0.717) is 0 Å². The number of rotatable bonds is 3. The van der Waals surface area contributed by atoms with E-state index >= 15 is 0 Å². The summed E-state index contributed by atoms with van der Waals surface area (Å²) in [5.74, 6) is -2.21. The van der Waals surface area contributed by atoms with Crippen molar-refractivity contribution < 1.29 is 19.1 Å². The number of nitrogens with one attached hydrogen (secondary N) is 2. The molecule has 2 rings (SSSR count). The molecule has 0 bridgehead atoms. The Kier molecular flexibility index (Phi) is 4.74. The van der Waals surface area contributed by atoms with Crippen LogP contribution in [0.4, 0.5) is 14.9 Å². The van der Waals surface area contributed by atoms with Gasteiger partial charge in [0.2, 0.25) is 0 Å². The zero-order valence-corrected chi connectivity index (χ0v) is 11.7. The molecule has 1 aromatic carbocycles. The highest BCUT2D eigenvalue weighted by molar-refractivity contribution is 5.91. The highest BCUT2D eigenvalue weighted by Crippen LogP contribution is 2.15. The summed E-state index contributed by atoms with van der Waals surface area (Å²) in [6, 6.07) is 3.18. The maximum Gasteiger partial charge on any atom is 0.338 e. The molecule has 1 saturated heterocycles. The van der Waals surface area contributed by atoms with Crippen LogP contribution in [-0.4, -0.2) is 48.2 Å². The number of halogens is 1. The quantitative estimate of drug-likeness (QED) is 0.793. The molecule has 0 aliphatic carbocycles. The average Bonchev–Trinajstić information content (AvgIpc) is 2.41. The summed E-state index contributed by atoms with van der Waals surface area (Å²) in [7, 11) is 2.03. The van der Waals surface area contributed by atoms with Crippen LogP contribution in [0.25, 0.3) is 0 Å². The molecule has 7 heteroatoms. The molecule has 0 atom stereocenters. The van der Waals surface area contributed by atoms with Gasteiger partial charge in [-0.2, -0.15) is 0 Å². The first-order valence-electron chi connectivity index (χ1n) is 6.74. The molecule has 1 fully saturated rings. The van der Waals surface area contributed by atoms with Gasteiger partial charge in [-0.3, -0.25) is 0 Å². The standard InChI is InChI=1S/C14H18FN3O3/c1-18-6-4-9(5-7-18)16-14(21)17-10-2-3-11(13(19)20)12(15)8-10/h2-3,8-9H,4-7H2,1H3,(H,19,20)(H2,16,17,21). The summed E-state index contributed by atoms with van der Waals surface area (Å²) >= 11 is 0. The van der Waals surface area contributed by atoms with E-state index < -0.39 is 23.4 Å². The topological polar surface area (TPSA) is 81.7 Å². The average molecular weight is 295 g/mol. The van der Waals surface area contributed by atoms with Gasteiger partial charge in [-0.1, -0.05) is 0 Å². The maximum absolute atomic E-state index is 13.5. The number of carboxylic acids is 1. The molecule has 0 aromatic heterocycles. The fraction of sp³-hybridized carbons (Fsp3) is 0.429. The predicted octanol–water partition coefficient (Wildman–Crippen LogP) is 1.74. The van der Waals surface area contributed by atoms with Gasteiger partial charge < -0.3 is 20.6 Å². The number of likely N-dealkylation sites (tertiary alicyclic amines) is 1. The second kappa shape index (κ2) is 6.53. The third-order valence-electron chi connectivity index (χ3n) is 3.51. The lowest BCUT2D eigenvalue weighted by atomic mass is 10.1. The highest BCUT2D eigenvalue weighted by atomic mass is 19.1. The van der Waals surface area contributed by atoms with Crippen LogP contribution in [0.2, 0.25) is 0 Å². The van der Waals surface area contributed by atoms with Crippen LogP contribution >= 0.6 is 0 Å². The van der Waals surface area contributed by atoms with Gasteiger partial charge in [-0.05, 0) is 51.2 Å². The molecule has 0 saturated carbocycles. The summed E-state index contributed by atoms with van der Waals surface area (Å²) in [6.45, 7) is 1.85. The van der Waals surface area contributed by atoms with Crippen LogP contribution in [0.5, 0.6) is 0 Å². The molecule has 21 heavy (non-hydrogen) atoms. The fourth-order valence-corrected chi connectivity index (χ4v) is 2.27. The van der Waals surface area contributed by atoms with E-state index in [2.05, 4.69) is 15.5 Å². The molecule has 1 aliphatic heterocycles. The molecular weight excluding hydrogens is 277 g/mol.